The summed E-state index contributed by atoms with van der Waals surface area (Å²) in [5.74, 6) is 1.66. The zero-order chi connectivity index (χ0) is 27.5. The number of hydrogen-bond donors (Lipinski definition) is 2. The number of amides is 5. The quantitative estimate of drug-likeness (QED) is 0.425. The summed E-state index contributed by atoms with van der Waals surface area (Å²) >= 11 is 0. The Labute approximate surface area is 225 Å². The summed E-state index contributed by atoms with van der Waals surface area (Å²) in [6, 6.07) is 5.68. The highest BCUT2D eigenvalue weighted by atomic mass is 16.5. The lowest BCUT2D eigenvalue weighted by Crippen LogP contribution is -2.46. The molecule has 13 heteroatoms. The molecule has 1 saturated heterocycles. The highest BCUT2D eigenvalue weighted by molar-refractivity contribution is 6.04. The number of nitrogens with zero attached hydrogens (tertiary/aromatic N) is 6. The number of carbonyl (C=O) groups excluding carboxylic acids is 3. The molecular formula is C26H30N8O5. The monoisotopic (exact) mass is 534 g/mol. The first-order chi connectivity index (χ1) is 18.7. The van der Waals surface area contributed by atoms with Crippen molar-refractivity contribution in [3.63, 3.8) is 0 Å². The van der Waals surface area contributed by atoms with E-state index in [4.69, 9.17) is 9.47 Å². The molecule has 5 rings (SSSR count). The Bertz CT molecular complexity index is 1370. The molecule has 1 saturated carbocycles. The first kappa shape index (κ1) is 25.9. The van der Waals surface area contributed by atoms with E-state index in [2.05, 4.69) is 25.7 Å². The number of carbonyl (C=O) groups is 3. The molecule has 1 aliphatic heterocycles. The molecule has 2 aromatic heterocycles. The predicted octanol–water partition coefficient (Wildman–Crippen LogP) is 3.40. The molecule has 2 fully saturated rings. The number of imide groups is 1. The Morgan fingerprint density at radius 3 is 2.59 bits per heavy atom. The Morgan fingerprint density at radius 2 is 1.97 bits per heavy atom. The van der Waals surface area contributed by atoms with Gasteiger partial charge in [0.15, 0.2) is 11.6 Å². The second kappa shape index (κ2) is 11.0. The van der Waals surface area contributed by atoms with Crippen LogP contribution in [0.4, 0.5) is 21.2 Å². The Hall–Kier alpha value is -4.68. The van der Waals surface area contributed by atoms with Gasteiger partial charge >= 0.3 is 12.1 Å². The summed E-state index contributed by atoms with van der Waals surface area (Å²) in [7, 11) is 1.76. The number of ether oxygens (including phenoxy) is 2. The number of anilines is 2. The summed E-state index contributed by atoms with van der Waals surface area (Å²) in [5.41, 5.74) is 0.309. The lowest BCUT2D eigenvalue weighted by Gasteiger charge is -2.25. The van der Waals surface area contributed by atoms with Gasteiger partial charge in [0.1, 0.15) is 11.5 Å². The van der Waals surface area contributed by atoms with Gasteiger partial charge in [-0.1, -0.05) is 0 Å². The van der Waals surface area contributed by atoms with E-state index in [-0.39, 0.29) is 17.9 Å². The van der Waals surface area contributed by atoms with Gasteiger partial charge in [0.05, 0.1) is 18.5 Å². The number of aryl methyl sites for hydroxylation is 1. The largest absolute Gasteiger partial charge is 0.491 e. The SMILES string of the molecule is CC(C)Oc1cc(Oc2cnc(N(CC3CC3)C(=O)N3CCNC3=O)cn2)cc(C(=O)Nc2ccn(C)n2)c1. The topological polar surface area (TPSA) is 144 Å². The second-order valence-electron chi connectivity index (χ2n) is 9.72. The zero-order valence-electron chi connectivity index (χ0n) is 22.0. The maximum atomic E-state index is 13.1. The van der Waals surface area contributed by atoms with Gasteiger partial charge in [-0.3, -0.25) is 14.4 Å². The number of benzene rings is 1. The molecule has 13 nitrogen and oxygen atoms in total. The Balaban J connectivity index is 1.34. The molecule has 1 aromatic carbocycles. The van der Waals surface area contributed by atoms with Crippen molar-refractivity contribution in [1.29, 1.82) is 0 Å². The van der Waals surface area contributed by atoms with Gasteiger partial charge in [-0.2, -0.15) is 5.10 Å². The maximum Gasteiger partial charge on any atom is 0.333 e. The fourth-order valence-corrected chi connectivity index (χ4v) is 4.02. The minimum atomic E-state index is -0.429. The fraction of sp³-hybridized carbons (Fsp3) is 0.385. The normalized spacial score (nSPS) is 14.8. The van der Waals surface area contributed by atoms with Crippen molar-refractivity contribution in [3.8, 4) is 17.4 Å². The molecule has 2 aliphatic rings. The first-order valence-electron chi connectivity index (χ1n) is 12.7. The van der Waals surface area contributed by atoms with Crippen LogP contribution in [0.1, 0.15) is 37.0 Å². The van der Waals surface area contributed by atoms with E-state index in [1.54, 1.807) is 42.2 Å². The van der Waals surface area contributed by atoms with Gasteiger partial charge in [-0.05, 0) is 44.7 Å². The summed E-state index contributed by atoms with van der Waals surface area (Å²) in [5, 5.41) is 9.57. The zero-order valence-corrected chi connectivity index (χ0v) is 22.0. The van der Waals surface area contributed by atoms with Crippen LogP contribution >= 0.6 is 0 Å². The van der Waals surface area contributed by atoms with E-state index in [9.17, 15) is 14.4 Å². The van der Waals surface area contributed by atoms with Crippen molar-refractivity contribution in [2.75, 3.05) is 29.9 Å². The van der Waals surface area contributed by atoms with Crippen LogP contribution in [-0.4, -0.2) is 68.4 Å². The lowest BCUT2D eigenvalue weighted by atomic mass is 10.2. The molecule has 39 heavy (non-hydrogen) atoms. The van der Waals surface area contributed by atoms with Crippen LogP contribution in [0.15, 0.2) is 42.9 Å². The third-order valence-electron chi connectivity index (χ3n) is 6.04. The van der Waals surface area contributed by atoms with Crippen LogP contribution in [-0.2, 0) is 7.05 Å². The average molecular weight is 535 g/mol. The van der Waals surface area contributed by atoms with E-state index >= 15 is 0 Å². The van der Waals surface area contributed by atoms with Crippen molar-refractivity contribution in [2.45, 2.75) is 32.8 Å². The Morgan fingerprint density at radius 1 is 1.18 bits per heavy atom. The van der Waals surface area contributed by atoms with Crippen LogP contribution in [0.25, 0.3) is 0 Å². The molecule has 0 unspecified atom stereocenters. The molecule has 3 aromatic rings. The van der Waals surface area contributed by atoms with Gasteiger partial charge in [0, 0.05) is 50.6 Å². The summed E-state index contributed by atoms with van der Waals surface area (Å²) in [6.07, 6.45) is 6.48. The number of aromatic nitrogens is 4. The number of urea groups is 2. The molecule has 1 aliphatic carbocycles. The molecule has 3 heterocycles. The smallest absolute Gasteiger partial charge is 0.333 e. The number of nitrogens with one attached hydrogen (secondary N) is 2. The lowest BCUT2D eigenvalue weighted by molar-refractivity contribution is 0.102. The van der Waals surface area contributed by atoms with Crippen LogP contribution < -0.4 is 25.0 Å². The van der Waals surface area contributed by atoms with Crippen LogP contribution in [0.2, 0.25) is 0 Å². The predicted molar refractivity (Wildman–Crippen MR) is 141 cm³/mol. The Kier molecular flexibility index (Phi) is 7.30. The summed E-state index contributed by atoms with van der Waals surface area (Å²) < 4.78 is 13.3. The summed E-state index contributed by atoms with van der Waals surface area (Å²) in [4.78, 5) is 49.4. The first-order valence-corrected chi connectivity index (χ1v) is 12.7. The van der Waals surface area contributed by atoms with E-state index in [0.29, 0.717) is 54.3 Å². The molecule has 2 N–H and O–H groups in total. The summed E-state index contributed by atoms with van der Waals surface area (Å²) in [6.45, 7) is 4.94. The molecule has 0 bridgehead atoms. The van der Waals surface area contributed by atoms with Gasteiger partial charge < -0.3 is 20.1 Å². The standard InChI is InChI=1S/C26H30N8O5/c1-16(2)38-19-10-18(24(35)30-21-6-8-32(3)31-21)11-20(12-19)39-23-14-28-22(13-29-23)34(15-17-4-5-17)26(37)33-9-7-27-25(33)36/h6,8,10-14,16-17H,4-5,7,9,15H2,1-3H3,(H,27,36)(H,30,31,35). The van der Waals surface area contributed by atoms with Crippen molar-refractivity contribution >= 4 is 29.6 Å². The van der Waals surface area contributed by atoms with Gasteiger partial charge in [-0.15, -0.1) is 0 Å². The number of rotatable bonds is 9. The molecule has 0 radical (unpaired) electrons. The van der Waals surface area contributed by atoms with Crippen LogP contribution in [0, 0.1) is 5.92 Å². The minimum absolute atomic E-state index is 0.126. The number of hydrogen-bond acceptors (Lipinski definition) is 8. The van der Waals surface area contributed by atoms with E-state index in [1.165, 1.54) is 22.2 Å². The van der Waals surface area contributed by atoms with E-state index < -0.39 is 12.1 Å². The van der Waals surface area contributed by atoms with Crippen molar-refractivity contribution < 1.29 is 23.9 Å². The average Bonchev–Trinajstić information content (AvgIpc) is 3.47. The fourth-order valence-electron chi connectivity index (χ4n) is 4.02. The molecule has 0 atom stereocenters. The minimum Gasteiger partial charge on any atom is -0.491 e. The third kappa shape index (κ3) is 6.43. The van der Waals surface area contributed by atoms with Crippen molar-refractivity contribution in [3.05, 3.63) is 48.4 Å². The van der Waals surface area contributed by atoms with Crippen LogP contribution in [0.3, 0.4) is 0 Å². The second-order valence-corrected chi connectivity index (χ2v) is 9.72. The van der Waals surface area contributed by atoms with E-state index in [0.717, 1.165) is 12.8 Å². The van der Waals surface area contributed by atoms with Gasteiger partial charge in [-0.25, -0.2) is 24.5 Å². The molecule has 204 valence electrons. The van der Waals surface area contributed by atoms with Crippen molar-refractivity contribution in [1.82, 2.24) is 30.0 Å². The molecule has 5 amide bonds. The van der Waals surface area contributed by atoms with Crippen molar-refractivity contribution in [2.24, 2.45) is 13.0 Å². The molecular weight excluding hydrogens is 504 g/mol. The van der Waals surface area contributed by atoms with Crippen LogP contribution in [0.5, 0.6) is 17.4 Å². The van der Waals surface area contributed by atoms with E-state index in [1.807, 2.05) is 13.8 Å². The van der Waals surface area contributed by atoms with Gasteiger partial charge in [0.2, 0.25) is 5.88 Å². The maximum absolute atomic E-state index is 13.1. The van der Waals surface area contributed by atoms with Gasteiger partial charge in [0.25, 0.3) is 5.91 Å². The highest BCUT2D eigenvalue weighted by Crippen LogP contribution is 2.32. The third-order valence-corrected chi connectivity index (χ3v) is 6.04. The highest BCUT2D eigenvalue weighted by Gasteiger charge is 2.35. The molecule has 0 spiro atoms.